The lowest BCUT2D eigenvalue weighted by Crippen LogP contribution is -2.62. The summed E-state index contributed by atoms with van der Waals surface area (Å²) in [6, 6.07) is 10.3. The Morgan fingerprint density at radius 2 is 1.94 bits per heavy atom. The number of rotatable bonds is 5. The number of carbonyl (C=O) groups excluding carboxylic acids is 2. The van der Waals surface area contributed by atoms with Crippen LogP contribution in [0.15, 0.2) is 41.1 Å². The Kier molecular flexibility index (Phi) is 6.77. The van der Waals surface area contributed by atoms with E-state index in [-0.39, 0.29) is 17.7 Å². The van der Waals surface area contributed by atoms with Gasteiger partial charge in [0.05, 0.1) is 13.2 Å². The number of benzene rings is 1. The molecule has 2 amide bonds. The summed E-state index contributed by atoms with van der Waals surface area (Å²) in [7, 11) is 3.53. The van der Waals surface area contributed by atoms with E-state index in [4.69, 9.17) is 4.74 Å². The largest absolute Gasteiger partial charge is 0.361 e. The van der Waals surface area contributed by atoms with E-state index in [1.165, 1.54) is 6.42 Å². The standard InChI is InChI=1S/C25H32N2O3S/c1-26(2)24(29)25(16-20-10-6-7-11-22(20)21-12-15-31-17-21)18-27(13-14-30-25)23(28)19-8-4-3-5-9-19/h6-7,10-12,15,17,19H,3-5,8-9,13-14,16,18H2,1-2H3/t25-/m0/s1. The van der Waals surface area contributed by atoms with E-state index in [1.54, 1.807) is 30.3 Å². The first-order valence-electron chi connectivity index (χ1n) is 11.3. The van der Waals surface area contributed by atoms with Crippen molar-refractivity contribution >= 4 is 23.2 Å². The first-order valence-corrected chi connectivity index (χ1v) is 12.2. The maximum Gasteiger partial charge on any atom is 0.256 e. The SMILES string of the molecule is CN(C)C(=O)[C@]1(Cc2ccccc2-c2ccsc2)CN(C(=O)C2CCCCC2)CCO1. The molecule has 5 nitrogen and oxygen atoms in total. The maximum atomic E-state index is 13.4. The van der Waals surface area contributed by atoms with E-state index >= 15 is 0 Å². The lowest BCUT2D eigenvalue weighted by molar-refractivity contribution is -0.174. The number of morpholine rings is 1. The third-order valence-electron chi connectivity index (χ3n) is 6.57. The number of hydrogen-bond donors (Lipinski definition) is 0. The Morgan fingerprint density at radius 1 is 1.16 bits per heavy atom. The molecule has 2 heterocycles. The number of ether oxygens (including phenoxy) is 1. The Morgan fingerprint density at radius 3 is 2.65 bits per heavy atom. The molecule has 1 aliphatic heterocycles. The average Bonchev–Trinajstić information content (AvgIpc) is 3.34. The second-order valence-corrected chi connectivity index (χ2v) is 9.76. The fraction of sp³-hybridized carbons (Fsp3) is 0.520. The molecule has 0 N–H and O–H groups in total. The van der Waals surface area contributed by atoms with E-state index in [2.05, 4.69) is 29.0 Å². The number of carbonyl (C=O) groups is 2. The van der Waals surface area contributed by atoms with E-state index < -0.39 is 5.60 Å². The van der Waals surface area contributed by atoms with Crippen molar-refractivity contribution < 1.29 is 14.3 Å². The summed E-state index contributed by atoms with van der Waals surface area (Å²) < 4.78 is 6.25. The summed E-state index contributed by atoms with van der Waals surface area (Å²) in [6.07, 6.45) is 5.84. The summed E-state index contributed by atoms with van der Waals surface area (Å²) in [6.45, 7) is 1.26. The minimum absolute atomic E-state index is 0.0752. The number of nitrogens with zero attached hydrogens (tertiary/aromatic N) is 2. The van der Waals surface area contributed by atoms with Gasteiger partial charge in [-0.15, -0.1) is 0 Å². The highest BCUT2D eigenvalue weighted by atomic mass is 32.1. The first kappa shape index (κ1) is 22.0. The van der Waals surface area contributed by atoms with Gasteiger partial charge < -0.3 is 14.5 Å². The Labute approximate surface area is 189 Å². The van der Waals surface area contributed by atoms with E-state index in [0.29, 0.717) is 26.1 Å². The molecule has 2 aliphatic rings. The molecule has 1 atom stereocenters. The second kappa shape index (κ2) is 9.53. The maximum absolute atomic E-state index is 13.4. The van der Waals surface area contributed by atoms with E-state index in [1.807, 2.05) is 17.0 Å². The van der Waals surface area contributed by atoms with Crippen molar-refractivity contribution in [3.63, 3.8) is 0 Å². The molecule has 0 radical (unpaired) electrons. The molecule has 1 saturated carbocycles. The van der Waals surface area contributed by atoms with Crippen LogP contribution in [0.1, 0.15) is 37.7 Å². The quantitative estimate of drug-likeness (QED) is 0.699. The highest BCUT2D eigenvalue weighted by Gasteiger charge is 2.47. The second-order valence-electron chi connectivity index (χ2n) is 8.98. The molecule has 2 aromatic rings. The van der Waals surface area contributed by atoms with Gasteiger partial charge in [0.2, 0.25) is 5.91 Å². The van der Waals surface area contributed by atoms with Crippen molar-refractivity contribution in [1.29, 1.82) is 0 Å². The highest BCUT2D eigenvalue weighted by Crippen LogP contribution is 2.33. The zero-order chi connectivity index (χ0) is 21.8. The van der Waals surface area contributed by atoms with E-state index in [0.717, 1.165) is 42.4 Å². The lowest BCUT2D eigenvalue weighted by atomic mass is 9.85. The molecular weight excluding hydrogens is 408 g/mol. The van der Waals surface area contributed by atoms with Crippen LogP contribution >= 0.6 is 11.3 Å². The average molecular weight is 441 g/mol. The molecule has 1 aromatic heterocycles. The van der Waals surface area contributed by atoms with Gasteiger partial charge in [-0.2, -0.15) is 11.3 Å². The molecule has 1 aliphatic carbocycles. The normalized spacial score (nSPS) is 22.3. The Hall–Kier alpha value is -2.18. The molecule has 166 valence electrons. The fourth-order valence-electron chi connectivity index (χ4n) is 4.98. The predicted octanol–water partition coefficient (Wildman–Crippen LogP) is 4.22. The third kappa shape index (κ3) is 4.70. The summed E-state index contributed by atoms with van der Waals surface area (Å²) in [5, 5.41) is 4.19. The molecule has 0 spiro atoms. The monoisotopic (exact) mass is 440 g/mol. The van der Waals surface area contributed by atoms with Gasteiger partial charge in [-0.25, -0.2) is 0 Å². The van der Waals surface area contributed by atoms with E-state index in [9.17, 15) is 9.59 Å². The van der Waals surface area contributed by atoms with Gasteiger partial charge in [-0.05, 0) is 46.4 Å². The van der Waals surface area contributed by atoms with Crippen LogP contribution in [0.25, 0.3) is 11.1 Å². The lowest BCUT2D eigenvalue weighted by Gasteiger charge is -2.44. The van der Waals surface area contributed by atoms with Crippen LogP contribution < -0.4 is 0 Å². The number of likely N-dealkylation sites (N-methyl/N-ethyl adjacent to an activating group) is 1. The summed E-state index contributed by atoms with van der Waals surface area (Å²) in [4.78, 5) is 30.2. The zero-order valence-electron chi connectivity index (χ0n) is 18.5. The van der Waals surface area contributed by atoms with Crippen LogP contribution in [0, 0.1) is 5.92 Å². The number of hydrogen-bond acceptors (Lipinski definition) is 4. The van der Waals surface area contributed by atoms with Gasteiger partial charge in [0.25, 0.3) is 5.91 Å². The molecule has 0 bridgehead atoms. The van der Waals surface area contributed by atoms with Gasteiger partial charge >= 0.3 is 0 Å². The van der Waals surface area contributed by atoms with Gasteiger partial charge in [0.15, 0.2) is 5.60 Å². The van der Waals surface area contributed by atoms with Crippen molar-refractivity contribution in [3.8, 4) is 11.1 Å². The van der Waals surface area contributed by atoms with Crippen molar-refractivity contribution in [1.82, 2.24) is 9.80 Å². The molecule has 1 aromatic carbocycles. The first-order chi connectivity index (χ1) is 15.0. The van der Waals surface area contributed by atoms with Crippen LogP contribution in [0.4, 0.5) is 0 Å². The third-order valence-corrected chi connectivity index (χ3v) is 7.26. The zero-order valence-corrected chi connectivity index (χ0v) is 19.3. The van der Waals surface area contributed by atoms with Crippen molar-refractivity contribution in [2.24, 2.45) is 5.92 Å². The summed E-state index contributed by atoms with van der Waals surface area (Å²) >= 11 is 1.66. The minimum atomic E-state index is -1.06. The minimum Gasteiger partial charge on any atom is -0.361 e. The van der Waals surface area contributed by atoms with Gasteiger partial charge in [-0.3, -0.25) is 9.59 Å². The van der Waals surface area contributed by atoms with Crippen LogP contribution in [-0.4, -0.2) is 61.0 Å². The molecule has 1 saturated heterocycles. The molecule has 31 heavy (non-hydrogen) atoms. The van der Waals surface area contributed by atoms with Crippen molar-refractivity contribution in [3.05, 3.63) is 46.7 Å². The van der Waals surface area contributed by atoms with Crippen molar-refractivity contribution in [2.45, 2.75) is 44.1 Å². The number of amides is 2. The molecular formula is C25H32N2O3S. The highest BCUT2D eigenvalue weighted by molar-refractivity contribution is 7.08. The van der Waals surface area contributed by atoms with Crippen LogP contribution in [0.5, 0.6) is 0 Å². The smallest absolute Gasteiger partial charge is 0.256 e. The van der Waals surface area contributed by atoms with Crippen LogP contribution in [-0.2, 0) is 20.7 Å². The summed E-state index contributed by atoms with van der Waals surface area (Å²) in [5.41, 5.74) is 2.29. The Balaban J connectivity index is 1.64. The van der Waals surface area contributed by atoms with Crippen LogP contribution in [0.2, 0.25) is 0 Å². The number of thiophene rings is 1. The van der Waals surface area contributed by atoms with Crippen LogP contribution in [0.3, 0.4) is 0 Å². The molecule has 6 heteroatoms. The molecule has 0 unspecified atom stereocenters. The predicted molar refractivity (Wildman–Crippen MR) is 124 cm³/mol. The van der Waals surface area contributed by atoms with Crippen molar-refractivity contribution in [2.75, 3.05) is 33.8 Å². The van der Waals surface area contributed by atoms with Gasteiger partial charge in [-0.1, -0.05) is 43.5 Å². The van der Waals surface area contributed by atoms with Gasteiger partial charge in [0.1, 0.15) is 0 Å². The molecule has 4 rings (SSSR count). The van der Waals surface area contributed by atoms with Gasteiger partial charge in [0, 0.05) is 33.0 Å². The molecule has 2 fully saturated rings. The topological polar surface area (TPSA) is 49.9 Å². The fourth-order valence-corrected chi connectivity index (χ4v) is 5.64. The summed E-state index contributed by atoms with van der Waals surface area (Å²) in [5.74, 6) is 0.218. The Bertz CT molecular complexity index is 905.